The van der Waals surface area contributed by atoms with Crippen LogP contribution in [0.4, 0.5) is 23.8 Å². The number of amides is 2. The Hall–Kier alpha value is -3.45. The van der Waals surface area contributed by atoms with Crippen LogP contribution >= 0.6 is 22.7 Å². The zero-order valence-corrected chi connectivity index (χ0v) is 20.5. The van der Waals surface area contributed by atoms with E-state index < -0.39 is 17.9 Å². The minimum absolute atomic E-state index is 0.136. The van der Waals surface area contributed by atoms with E-state index in [9.17, 15) is 18.0 Å². The number of rotatable bonds is 6. The summed E-state index contributed by atoms with van der Waals surface area (Å²) in [5.74, 6) is 0.402. The second kappa shape index (κ2) is 10.0. The molecule has 0 saturated heterocycles. The molecule has 0 spiro atoms. The van der Waals surface area contributed by atoms with Gasteiger partial charge in [0.1, 0.15) is 20.8 Å². The minimum atomic E-state index is -4.57. The van der Waals surface area contributed by atoms with Crippen molar-refractivity contribution in [1.82, 2.24) is 30.5 Å². The Morgan fingerprint density at radius 2 is 1.83 bits per heavy atom. The fourth-order valence-corrected chi connectivity index (χ4v) is 4.75. The van der Waals surface area contributed by atoms with Crippen LogP contribution < -0.4 is 10.6 Å². The van der Waals surface area contributed by atoms with Gasteiger partial charge < -0.3 is 5.32 Å². The Morgan fingerprint density at radius 3 is 2.49 bits per heavy atom. The number of hydrogen-bond acceptors (Lipinski definition) is 8. The van der Waals surface area contributed by atoms with E-state index in [-0.39, 0.29) is 16.7 Å². The summed E-state index contributed by atoms with van der Waals surface area (Å²) in [5.41, 5.74) is 1.24. The molecular weight excluding hydrogens is 499 g/mol. The molecule has 4 aromatic rings. The number of hydrogen-bond donors (Lipinski definition) is 2. The molecule has 0 saturated carbocycles. The highest BCUT2D eigenvalue weighted by Gasteiger charge is 2.34. The number of urea groups is 1. The van der Waals surface area contributed by atoms with Crippen molar-refractivity contribution in [2.45, 2.75) is 32.9 Å². The first kappa shape index (κ1) is 24.7. The Labute approximate surface area is 206 Å². The molecule has 4 rings (SSSR count). The topological polar surface area (TPSA) is 106 Å². The van der Waals surface area contributed by atoms with Gasteiger partial charge in [-0.1, -0.05) is 25.2 Å². The lowest BCUT2D eigenvalue weighted by molar-refractivity contribution is -0.140. The van der Waals surface area contributed by atoms with Crippen molar-refractivity contribution in [3.8, 4) is 32.3 Å². The maximum atomic E-state index is 13.2. The van der Waals surface area contributed by atoms with Crippen LogP contribution in [0.1, 0.15) is 37.4 Å². The standard InChI is InChI=1S/C22H20F3N7OS2/c1-4-27-21(33)30-17-6-14(20-29-16(10-34-20)22(23,24)25)15(9-28-17)12-5-13(8-26-7-12)19-32-31-18(35-19)11(2)3/h5-11H,4H2,1-3H3,(H2,27,28,30,33). The summed E-state index contributed by atoms with van der Waals surface area (Å²) in [4.78, 5) is 24.3. The molecule has 0 radical (unpaired) electrons. The zero-order valence-electron chi connectivity index (χ0n) is 18.8. The van der Waals surface area contributed by atoms with Gasteiger partial charge in [0.2, 0.25) is 0 Å². The average molecular weight is 520 g/mol. The van der Waals surface area contributed by atoms with Crippen molar-refractivity contribution in [2.24, 2.45) is 0 Å². The minimum Gasteiger partial charge on any atom is -0.338 e. The molecule has 2 N–H and O–H groups in total. The van der Waals surface area contributed by atoms with Crippen molar-refractivity contribution in [1.29, 1.82) is 0 Å². The summed E-state index contributed by atoms with van der Waals surface area (Å²) in [6.07, 6.45) is 0.143. The van der Waals surface area contributed by atoms with Crippen LogP contribution in [0.2, 0.25) is 0 Å². The average Bonchev–Trinajstić information content (AvgIpc) is 3.50. The van der Waals surface area contributed by atoms with E-state index in [1.165, 1.54) is 23.6 Å². The van der Waals surface area contributed by atoms with Gasteiger partial charge in [0.15, 0.2) is 5.69 Å². The summed E-state index contributed by atoms with van der Waals surface area (Å²) < 4.78 is 39.7. The maximum absolute atomic E-state index is 13.2. The fourth-order valence-electron chi connectivity index (χ4n) is 3.07. The van der Waals surface area contributed by atoms with Gasteiger partial charge in [-0.3, -0.25) is 10.3 Å². The number of aromatic nitrogens is 5. The first-order valence-corrected chi connectivity index (χ1v) is 12.2. The lowest BCUT2D eigenvalue weighted by Crippen LogP contribution is -2.28. The maximum Gasteiger partial charge on any atom is 0.434 e. The first-order valence-electron chi connectivity index (χ1n) is 10.5. The van der Waals surface area contributed by atoms with Crippen LogP contribution in [0.5, 0.6) is 0 Å². The highest BCUT2D eigenvalue weighted by molar-refractivity contribution is 7.14. The summed E-state index contributed by atoms with van der Waals surface area (Å²) in [7, 11) is 0. The lowest BCUT2D eigenvalue weighted by atomic mass is 10.0. The molecule has 0 aliphatic carbocycles. The fraction of sp³-hybridized carbons (Fsp3) is 0.273. The quantitative estimate of drug-likeness (QED) is 0.320. The smallest absolute Gasteiger partial charge is 0.338 e. The second-order valence-corrected chi connectivity index (χ2v) is 9.56. The second-order valence-electron chi connectivity index (χ2n) is 7.70. The van der Waals surface area contributed by atoms with Gasteiger partial charge in [-0.25, -0.2) is 14.8 Å². The Balaban J connectivity index is 1.79. The van der Waals surface area contributed by atoms with Crippen molar-refractivity contribution in [2.75, 3.05) is 11.9 Å². The summed E-state index contributed by atoms with van der Waals surface area (Å²) in [6, 6.07) is 2.85. The van der Waals surface area contributed by atoms with Crippen LogP contribution in [-0.4, -0.2) is 37.7 Å². The monoisotopic (exact) mass is 519 g/mol. The van der Waals surface area contributed by atoms with Crippen molar-refractivity contribution >= 4 is 34.5 Å². The van der Waals surface area contributed by atoms with Crippen LogP contribution in [-0.2, 0) is 6.18 Å². The number of carbonyl (C=O) groups excluding carboxylic acids is 1. The number of carbonyl (C=O) groups is 1. The Kier molecular flexibility index (Phi) is 7.08. The molecular formula is C22H20F3N7OS2. The summed E-state index contributed by atoms with van der Waals surface area (Å²) in [6.45, 7) is 6.21. The number of thiazole rings is 1. The molecule has 0 atom stereocenters. The third-order valence-electron chi connectivity index (χ3n) is 4.74. The van der Waals surface area contributed by atoms with Gasteiger partial charge in [-0.15, -0.1) is 21.5 Å². The van der Waals surface area contributed by atoms with Crippen LogP contribution in [0.15, 0.2) is 36.1 Å². The predicted octanol–water partition coefficient (Wildman–Crippen LogP) is 6.07. The Morgan fingerprint density at radius 1 is 1.06 bits per heavy atom. The lowest BCUT2D eigenvalue weighted by Gasteiger charge is -2.11. The number of nitrogens with one attached hydrogen (secondary N) is 2. The Bertz CT molecular complexity index is 1350. The normalized spacial score (nSPS) is 11.6. The zero-order chi connectivity index (χ0) is 25.2. The molecule has 35 heavy (non-hydrogen) atoms. The third kappa shape index (κ3) is 5.62. The van der Waals surface area contributed by atoms with Crippen molar-refractivity contribution in [3.05, 3.63) is 46.8 Å². The van der Waals surface area contributed by atoms with Gasteiger partial charge in [-0.2, -0.15) is 13.2 Å². The van der Waals surface area contributed by atoms with E-state index in [2.05, 4.69) is 35.8 Å². The molecule has 2 amide bonds. The molecule has 0 bridgehead atoms. The molecule has 182 valence electrons. The predicted molar refractivity (Wildman–Crippen MR) is 129 cm³/mol. The van der Waals surface area contributed by atoms with Gasteiger partial charge in [-0.05, 0) is 19.1 Å². The number of nitrogens with zero attached hydrogens (tertiary/aromatic N) is 5. The number of alkyl halides is 3. The highest BCUT2D eigenvalue weighted by Crippen LogP contribution is 2.39. The number of halogens is 3. The van der Waals surface area contributed by atoms with E-state index in [4.69, 9.17) is 0 Å². The highest BCUT2D eigenvalue weighted by atomic mass is 32.1. The van der Waals surface area contributed by atoms with Gasteiger partial charge in [0.05, 0.1) is 0 Å². The van der Waals surface area contributed by atoms with E-state index in [0.717, 1.165) is 27.3 Å². The first-order chi connectivity index (χ1) is 16.7. The van der Waals surface area contributed by atoms with E-state index >= 15 is 0 Å². The molecule has 13 heteroatoms. The molecule has 8 nitrogen and oxygen atoms in total. The van der Waals surface area contributed by atoms with Crippen LogP contribution in [0.3, 0.4) is 0 Å². The summed E-state index contributed by atoms with van der Waals surface area (Å²) in [5, 5.41) is 16.3. The van der Waals surface area contributed by atoms with Crippen molar-refractivity contribution < 1.29 is 18.0 Å². The SMILES string of the molecule is CCNC(=O)Nc1cc(-c2nc(C(F)(F)F)cs2)c(-c2cncc(-c3nnc(C(C)C)s3)c2)cn1. The van der Waals surface area contributed by atoms with E-state index in [0.29, 0.717) is 28.2 Å². The number of pyridine rings is 2. The van der Waals surface area contributed by atoms with Gasteiger partial charge >= 0.3 is 12.2 Å². The molecule has 0 fully saturated rings. The molecule has 0 aliphatic heterocycles. The summed E-state index contributed by atoms with van der Waals surface area (Å²) >= 11 is 2.31. The van der Waals surface area contributed by atoms with Gasteiger partial charge in [0.25, 0.3) is 0 Å². The molecule has 0 aromatic carbocycles. The molecule has 4 aromatic heterocycles. The molecule has 0 unspecified atom stereocenters. The van der Waals surface area contributed by atoms with E-state index in [1.54, 1.807) is 19.3 Å². The number of anilines is 1. The molecule has 4 heterocycles. The van der Waals surface area contributed by atoms with E-state index in [1.807, 2.05) is 19.9 Å². The molecule has 0 aliphatic rings. The van der Waals surface area contributed by atoms with Crippen molar-refractivity contribution in [3.63, 3.8) is 0 Å². The van der Waals surface area contributed by atoms with Crippen LogP contribution in [0, 0.1) is 0 Å². The van der Waals surface area contributed by atoms with Gasteiger partial charge in [0, 0.05) is 58.7 Å². The van der Waals surface area contributed by atoms with Crippen LogP contribution in [0.25, 0.3) is 32.3 Å². The largest absolute Gasteiger partial charge is 0.434 e. The third-order valence-corrected chi connectivity index (χ3v) is 6.89.